The van der Waals surface area contributed by atoms with Gasteiger partial charge in [0.25, 0.3) is 10.2 Å². The Morgan fingerprint density at radius 1 is 1.18 bits per heavy atom. The molecule has 0 saturated carbocycles. The first-order valence-electron chi connectivity index (χ1n) is 9.30. The van der Waals surface area contributed by atoms with E-state index < -0.39 is 27.6 Å². The molecule has 0 fully saturated rings. The highest BCUT2D eigenvalue weighted by molar-refractivity contribution is 7.87. The number of nitrogens with one attached hydrogen (secondary N) is 2. The summed E-state index contributed by atoms with van der Waals surface area (Å²) in [7, 11) is -4.05. The van der Waals surface area contributed by atoms with E-state index in [1.807, 2.05) is 19.9 Å². The largest absolute Gasteiger partial charge is 0.465 e. The maximum absolute atomic E-state index is 13.1. The van der Waals surface area contributed by atoms with E-state index in [1.165, 1.54) is 0 Å². The summed E-state index contributed by atoms with van der Waals surface area (Å²) in [6.45, 7) is 8.89. The molecule has 1 aromatic carbocycles. The number of rotatable bonds is 10. The van der Waals surface area contributed by atoms with Gasteiger partial charge in [-0.1, -0.05) is 44.2 Å². The topological polar surface area (TPSA) is 119 Å². The van der Waals surface area contributed by atoms with Gasteiger partial charge in [-0.3, -0.25) is 0 Å². The summed E-state index contributed by atoms with van der Waals surface area (Å²) in [6, 6.07) is 9.04. The molecule has 1 aromatic rings. The predicted molar refractivity (Wildman–Crippen MR) is 109 cm³/mol. The zero-order chi connectivity index (χ0) is 21.6. The van der Waals surface area contributed by atoms with E-state index in [2.05, 4.69) is 10.0 Å². The number of nitrogens with zero attached hydrogens (tertiary/aromatic N) is 1. The van der Waals surface area contributed by atoms with Crippen LogP contribution in [0.1, 0.15) is 46.6 Å². The van der Waals surface area contributed by atoms with E-state index in [0.717, 1.165) is 9.87 Å². The monoisotopic (exact) mass is 415 g/mol. The van der Waals surface area contributed by atoms with E-state index in [0.29, 0.717) is 0 Å². The van der Waals surface area contributed by atoms with Crippen molar-refractivity contribution in [2.75, 3.05) is 13.1 Å². The van der Waals surface area contributed by atoms with Crippen molar-refractivity contribution >= 4 is 16.3 Å². The van der Waals surface area contributed by atoms with Crippen molar-refractivity contribution in [2.45, 2.75) is 58.7 Å². The van der Waals surface area contributed by atoms with Crippen LogP contribution in [0.15, 0.2) is 30.3 Å². The second kappa shape index (κ2) is 9.69. The third-order valence-electron chi connectivity index (χ3n) is 3.85. The van der Waals surface area contributed by atoms with E-state index in [9.17, 15) is 18.3 Å². The molecule has 28 heavy (non-hydrogen) atoms. The van der Waals surface area contributed by atoms with Crippen LogP contribution in [0.25, 0.3) is 0 Å². The van der Waals surface area contributed by atoms with Crippen LogP contribution in [-0.2, 0) is 16.6 Å². The Morgan fingerprint density at radius 3 is 2.21 bits per heavy atom. The molecule has 0 aliphatic carbocycles. The van der Waals surface area contributed by atoms with Gasteiger partial charge >= 0.3 is 6.09 Å². The van der Waals surface area contributed by atoms with Gasteiger partial charge in [-0.05, 0) is 32.3 Å². The first kappa shape index (κ1) is 24.4. The van der Waals surface area contributed by atoms with Gasteiger partial charge < -0.3 is 15.5 Å². The number of carbonyl (C=O) groups is 1. The fourth-order valence-corrected chi connectivity index (χ4v) is 4.84. The minimum atomic E-state index is -4.05. The molecule has 0 spiro atoms. The van der Waals surface area contributed by atoms with Gasteiger partial charge in [-0.2, -0.15) is 17.4 Å². The quantitative estimate of drug-likeness (QED) is 0.437. The van der Waals surface area contributed by atoms with Crippen LogP contribution in [0.4, 0.5) is 4.79 Å². The van der Waals surface area contributed by atoms with E-state index in [1.54, 1.807) is 45.0 Å². The van der Waals surface area contributed by atoms with Gasteiger partial charge in [0.15, 0.2) is 0 Å². The molecule has 160 valence electrons. The highest BCUT2D eigenvalue weighted by atomic mass is 32.2. The molecule has 0 bridgehead atoms. The van der Waals surface area contributed by atoms with Crippen molar-refractivity contribution in [1.29, 1.82) is 0 Å². The maximum atomic E-state index is 13.1. The Bertz CT molecular complexity index is 732. The first-order valence-corrected chi connectivity index (χ1v) is 10.7. The van der Waals surface area contributed by atoms with Crippen LogP contribution in [0, 0.1) is 5.92 Å². The Morgan fingerprint density at radius 2 is 1.75 bits per heavy atom. The Hall–Kier alpha value is -1.68. The summed E-state index contributed by atoms with van der Waals surface area (Å²) >= 11 is 0. The molecule has 0 aromatic heterocycles. The molecule has 0 aliphatic rings. The molecular formula is C19H33N3O5S. The lowest BCUT2D eigenvalue weighted by molar-refractivity contribution is -0.0710. The number of amides is 1. The molecule has 0 radical (unpaired) electrons. The zero-order valence-electron chi connectivity index (χ0n) is 17.3. The summed E-state index contributed by atoms with van der Waals surface area (Å²) < 4.78 is 29.9. The normalized spacial score (nSPS) is 14.9. The maximum Gasteiger partial charge on any atom is 0.404 e. The highest BCUT2D eigenvalue weighted by Gasteiger charge is 2.43. The van der Waals surface area contributed by atoms with Gasteiger partial charge in [0, 0.05) is 31.5 Å². The Kier molecular flexibility index (Phi) is 8.43. The SMILES string of the molecule is CC(C)CN(C(O)(CCNC(=O)O)Cc1ccccc1)S(=O)(=O)NC(C)(C)C. The lowest BCUT2D eigenvalue weighted by Gasteiger charge is -2.41. The number of hydrogen-bond acceptors (Lipinski definition) is 4. The smallest absolute Gasteiger partial charge is 0.404 e. The van der Waals surface area contributed by atoms with Crippen molar-refractivity contribution in [3.8, 4) is 0 Å². The third kappa shape index (κ3) is 8.14. The van der Waals surface area contributed by atoms with Crippen molar-refractivity contribution in [2.24, 2.45) is 5.92 Å². The van der Waals surface area contributed by atoms with E-state index in [4.69, 9.17) is 5.11 Å². The lowest BCUT2D eigenvalue weighted by Crippen LogP contribution is -2.60. The highest BCUT2D eigenvalue weighted by Crippen LogP contribution is 2.27. The van der Waals surface area contributed by atoms with Gasteiger partial charge in [0.1, 0.15) is 5.72 Å². The molecule has 8 nitrogen and oxygen atoms in total. The summed E-state index contributed by atoms with van der Waals surface area (Å²) in [5.74, 6) is -0.0497. The number of benzene rings is 1. The summed E-state index contributed by atoms with van der Waals surface area (Å²) in [5.41, 5.74) is -1.79. The minimum Gasteiger partial charge on any atom is -0.465 e. The van der Waals surface area contributed by atoms with Gasteiger partial charge in [-0.15, -0.1) is 0 Å². The minimum absolute atomic E-state index is 0.0346. The third-order valence-corrected chi connectivity index (χ3v) is 5.79. The van der Waals surface area contributed by atoms with Gasteiger partial charge in [0.2, 0.25) is 0 Å². The van der Waals surface area contributed by atoms with Crippen LogP contribution in [0.2, 0.25) is 0 Å². The summed E-state index contributed by atoms with van der Waals surface area (Å²) in [4.78, 5) is 10.8. The van der Waals surface area contributed by atoms with Crippen LogP contribution in [0.5, 0.6) is 0 Å². The Labute approximate surface area is 168 Å². The molecular weight excluding hydrogens is 382 g/mol. The van der Waals surface area contributed by atoms with Crippen molar-refractivity contribution in [3.05, 3.63) is 35.9 Å². The summed E-state index contributed by atoms with van der Waals surface area (Å²) in [5, 5.41) is 22.6. The average molecular weight is 416 g/mol. The number of hydrogen-bond donors (Lipinski definition) is 4. The average Bonchev–Trinajstić information content (AvgIpc) is 2.50. The van der Waals surface area contributed by atoms with Crippen LogP contribution >= 0.6 is 0 Å². The fraction of sp³-hybridized carbons (Fsp3) is 0.632. The molecule has 0 heterocycles. The summed E-state index contributed by atoms with van der Waals surface area (Å²) in [6.07, 6.45) is -1.29. The molecule has 0 aliphatic heterocycles. The molecule has 1 amide bonds. The fourth-order valence-electron chi connectivity index (χ4n) is 2.86. The van der Waals surface area contributed by atoms with Crippen molar-refractivity contribution in [1.82, 2.24) is 14.3 Å². The Balaban J connectivity index is 3.33. The lowest BCUT2D eigenvalue weighted by atomic mass is 9.98. The second-order valence-corrected chi connectivity index (χ2v) is 10.0. The molecule has 1 atom stereocenters. The second-order valence-electron chi connectivity index (χ2n) is 8.41. The standard InChI is InChI=1S/C19H33N3O5S/c1-15(2)14-22(28(26,27)21-18(3,4)5)19(25,11-12-20-17(23)24)13-16-9-7-6-8-10-16/h6-10,15,20-21,25H,11-14H2,1-5H3,(H,23,24). The number of aliphatic hydroxyl groups is 1. The molecule has 1 rings (SSSR count). The molecule has 4 N–H and O–H groups in total. The molecule has 1 unspecified atom stereocenters. The van der Waals surface area contributed by atoms with Crippen LogP contribution < -0.4 is 10.0 Å². The van der Waals surface area contributed by atoms with Gasteiger partial charge in [-0.25, -0.2) is 4.79 Å². The van der Waals surface area contributed by atoms with Crippen molar-refractivity contribution < 1.29 is 23.4 Å². The van der Waals surface area contributed by atoms with Crippen LogP contribution in [0.3, 0.4) is 0 Å². The predicted octanol–water partition coefficient (Wildman–Crippen LogP) is 2.17. The zero-order valence-corrected chi connectivity index (χ0v) is 18.1. The van der Waals surface area contributed by atoms with Crippen molar-refractivity contribution in [3.63, 3.8) is 0 Å². The van der Waals surface area contributed by atoms with Crippen LogP contribution in [-0.4, -0.2) is 53.4 Å². The van der Waals surface area contributed by atoms with E-state index >= 15 is 0 Å². The number of carboxylic acid groups (broad SMARTS) is 1. The first-order chi connectivity index (χ1) is 12.8. The molecule has 0 saturated heterocycles. The van der Waals surface area contributed by atoms with E-state index in [-0.39, 0.29) is 31.8 Å². The van der Waals surface area contributed by atoms with Gasteiger partial charge in [0.05, 0.1) is 0 Å². The molecule has 9 heteroatoms.